The minimum absolute atomic E-state index is 0.243. The van der Waals surface area contributed by atoms with Crippen LogP contribution in [0, 0.1) is 0 Å². The molecule has 0 aliphatic carbocycles. The van der Waals surface area contributed by atoms with E-state index in [1.807, 2.05) is 6.92 Å². The molecule has 5 N–H and O–H groups in total. The number of carboxylic acids is 1. The van der Waals surface area contributed by atoms with Crippen molar-refractivity contribution in [2.75, 3.05) is 6.54 Å². The Morgan fingerprint density at radius 1 is 0.769 bits per heavy atom. The van der Waals surface area contributed by atoms with Gasteiger partial charge < -0.3 is 26.4 Å². The number of hydrogen-bond donors (Lipinski definition) is 5. The second kappa shape index (κ2) is 11.8. The molecule has 0 heterocycles. The van der Waals surface area contributed by atoms with E-state index < -0.39 is 41.8 Å². The molecule has 148 valence electrons. The van der Waals surface area contributed by atoms with E-state index in [0.717, 1.165) is 6.42 Å². The first-order valence-corrected chi connectivity index (χ1v) is 8.48. The van der Waals surface area contributed by atoms with Crippen LogP contribution in [-0.2, 0) is 24.0 Å². The molecule has 0 radical (unpaired) electrons. The zero-order chi connectivity index (χ0) is 20.3. The zero-order valence-corrected chi connectivity index (χ0v) is 15.5. The zero-order valence-electron chi connectivity index (χ0n) is 15.5. The molecule has 10 nitrogen and oxygen atoms in total. The molecule has 26 heavy (non-hydrogen) atoms. The molecular weight excluding hydrogens is 344 g/mol. The van der Waals surface area contributed by atoms with E-state index in [1.165, 1.54) is 20.8 Å². The largest absolute Gasteiger partial charge is 0.481 e. The predicted molar refractivity (Wildman–Crippen MR) is 93.0 cm³/mol. The summed E-state index contributed by atoms with van der Waals surface area (Å²) in [6.07, 6.45) is 0.194. The van der Waals surface area contributed by atoms with Crippen molar-refractivity contribution >= 4 is 29.6 Å². The molecule has 0 aromatic rings. The molecule has 0 spiro atoms. The van der Waals surface area contributed by atoms with Crippen molar-refractivity contribution in [1.29, 1.82) is 0 Å². The molecule has 3 atom stereocenters. The number of hydrogen-bond acceptors (Lipinski definition) is 5. The number of rotatable bonds is 11. The Hall–Kier alpha value is -2.65. The summed E-state index contributed by atoms with van der Waals surface area (Å²) in [6.45, 7) is 6.80. The fourth-order valence-corrected chi connectivity index (χ4v) is 1.81. The van der Waals surface area contributed by atoms with Gasteiger partial charge in [0.15, 0.2) is 0 Å². The lowest BCUT2D eigenvalue weighted by Gasteiger charge is -2.20. The molecule has 4 amide bonds. The van der Waals surface area contributed by atoms with E-state index >= 15 is 0 Å². The second-order valence-electron chi connectivity index (χ2n) is 5.93. The Morgan fingerprint density at radius 2 is 1.23 bits per heavy atom. The Bertz CT molecular complexity index is 537. The van der Waals surface area contributed by atoms with Gasteiger partial charge in [-0.15, -0.1) is 0 Å². The highest BCUT2D eigenvalue weighted by Gasteiger charge is 2.23. The molecule has 0 fully saturated rings. The average Bonchev–Trinajstić information content (AvgIpc) is 2.57. The number of carbonyl (C=O) groups is 5. The number of nitrogens with one attached hydrogen (secondary N) is 4. The van der Waals surface area contributed by atoms with Crippen LogP contribution in [0.5, 0.6) is 0 Å². The summed E-state index contributed by atoms with van der Waals surface area (Å²) in [5.41, 5.74) is 0. The maximum atomic E-state index is 12.0. The van der Waals surface area contributed by atoms with Crippen LogP contribution in [0.25, 0.3) is 0 Å². The van der Waals surface area contributed by atoms with Gasteiger partial charge >= 0.3 is 5.97 Å². The van der Waals surface area contributed by atoms with Gasteiger partial charge in [0.2, 0.25) is 23.6 Å². The number of carboxylic acid groups (broad SMARTS) is 1. The Labute approximate surface area is 152 Å². The van der Waals surface area contributed by atoms with Gasteiger partial charge in [-0.05, 0) is 27.2 Å². The van der Waals surface area contributed by atoms with Crippen LogP contribution in [0.2, 0.25) is 0 Å². The van der Waals surface area contributed by atoms with Crippen molar-refractivity contribution in [2.24, 2.45) is 0 Å². The molecular formula is C16H28N4O6. The number of aliphatic carboxylic acids is 1. The number of carbonyl (C=O) groups excluding carboxylic acids is 4. The third-order valence-electron chi connectivity index (χ3n) is 3.39. The third-order valence-corrected chi connectivity index (χ3v) is 3.39. The summed E-state index contributed by atoms with van der Waals surface area (Å²) >= 11 is 0. The van der Waals surface area contributed by atoms with E-state index in [1.54, 1.807) is 0 Å². The standard InChI is InChI=1S/C16H28N4O6/c1-5-8-17-14(24)9(2)19-16(26)11(4)20-15(25)10(3)18-12(21)6-7-13(22)23/h9-11H,5-8H2,1-4H3,(H,17,24)(H,18,21)(H,19,26)(H,20,25)(H,22,23)/t9-,10-,11+/m0/s1. The lowest BCUT2D eigenvalue weighted by Crippen LogP contribution is -2.54. The van der Waals surface area contributed by atoms with Gasteiger partial charge in [0.1, 0.15) is 18.1 Å². The summed E-state index contributed by atoms with van der Waals surface area (Å²) < 4.78 is 0. The van der Waals surface area contributed by atoms with Gasteiger partial charge in [-0.2, -0.15) is 0 Å². The molecule has 0 aliphatic rings. The Kier molecular flexibility index (Phi) is 10.6. The molecule has 0 bridgehead atoms. The monoisotopic (exact) mass is 372 g/mol. The normalized spacial score (nSPS) is 13.7. The lowest BCUT2D eigenvalue weighted by atomic mass is 10.2. The maximum Gasteiger partial charge on any atom is 0.303 e. The van der Waals surface area contributed by atoms with Gasteiger partial charge in [-0.1, -0.05) is 6.92 Å². The van der Waals surface area contributed by atoms with Crippen LogP contribution in [0.15, 0.2) is 0 Å². The quantitative estimate of drug-likeness (QED) is 0.310. The smallest absolute Gasteiger partial charge is 0.303 e. The SMILES string of the molecule is CCCNC(=O)[C@H](C)NC(=O)[C@@H](C)NC(=O)[C@H](C)NC(=O)CCC(=O)O. The van der Waals surface area contributed by atoms with Crippen molar-refractivity contribution in [2.45, 2.75) is 65.1 Å². The first kappa shape index (κ1) is 23.4. The molecule has 10 heteroatoms. The lowest BCUT2D eigenvalue weighted by molar-refractivity contribution is -0.139. The summed E-state index contributed by atoms with van der Waals surface area (Å²) in [7, 11) is 0. The van der Waals surface area contributed by atoms with E-state index in [0.29, 0.717) is 6.54 Å². The second-order valence-corrected chi connectivity index (χ2v) is 5.93. The summed E-state index contributed by atoms with van der Waals surface area (Å²) in [5.74, 6) is -3.15. The van der Waals surface area contributed by atoms with Crippen LogP contribution >= 0.6 is 0 Å². The fraction of sp³-hybridized carbons (Fsp3) is 0.688. The van der Waals surface area contributed by atoms with Crippen molar-refractivity contribution in [3.05, 3.63) is 0 Å². The summed E-state index contributed by atoms with van der Waals surface area (Å²) in [6, 6.07) is -2.60. The van der Waals surface area contributed by atoms with Crippen molar-refractivity contribution in [1.82, 2.24) is 21.3 Å². The first-order valence-electron chi connectivity index (χ1n) is 8.48. The maximum absolute atomic E-state index is 12.0. The van der Waals surface area contributed by atoms with Crippen LogP contribution in [0.3, 0.4) is 0 Å². The first-order chi connectivity index (χ1) is 12.1. The van der Waals surface area contributed by atoms with Crippen molar-refractivity contribution in [3.63, 3.8) is 0 Å². The Morgan fingerprint density at radius 3 is 1.69 bits per heavy atom. The molecule has 0 saturated carbocycles. The van der Waals surface area contributed by atoms with Gasteiger partial charge in [0.25, 0.3) is 0 Å². The van der Waals surface area contributed by atoms with E-state index in [4.69, 9.17) is 5.11 Å². The minimum Gasteiger partial charge on any atom is -0.481 e. The van der Waals surface area contributed by atoms with E-state index in [-0.39, 0.29) is 18.7 Å². The molecule has 0 rings (SSSR count). The van der Waals surface area contributed by atoms with Crippen molar-refractivity contribution in [3.8, 4) is 0 Å². The molecule has 0 aromatic heterocycles. The van der Waals surface area contributed by atoms with Crippen LogP contribution in [0.1, 0.15) is 47.0 Å². The highest BCUT2D eigenvalue weighted by atomic mass is 16.4. The highest BCUT2D eigenvalue weighted by Crippen LogP contribution is 1.93. The van der Waals surface area contributed by atoms with Gasteiger partial charge in [-0.3, -0.25) is 24.0 Å². The summed E-state index contributed by atoms with van der Waals surface area (Å²) in [4.78, 5) is 57.7. The van der Waals surface area contributed by atoms with Gasteiger partial charge in [0, 0.05) is 13.0 Å². The highest BCUT2D eigenvalue weighted by molar-refractivity contribution is 5.93. The van der Waals surface area contributed by atoms with Crippen LogP contribution < -0.4 is 21.3 Å². The van der Waals surface area contributed by atoms with E-state index in [2.05, 4.69) is 21.3 Å². The predicted octanol–water partition coefficient (Wildman–Crippen LogP) is -1.11. The van der Waals surface area contributed by atoms with Crippen molar-refractivity contribution < 1.29 is 29.1 Å². The molecule has 0 aromatic carbocycles. The van der Waals surface area contributed by atoms with Gasteiger partial charge in [0.05, 0.1) is 6.42 Å². The molecule has 0 saturated heterocycles. The number of amides is 4. The third kappa shape index (κ3) is 9.60. The summed E-state index contributed by atoms with van der Waals surface area (Å²) in [5, 5.41) is 18.4. The fourth-order valence-electron chi connectivity index (χ4n) is 1.81. The molecule has 0 aliphatic heterocycles. The Balaban J connectivity index is 4.37. The van der Waals surface area contributed by atoms with Gasteiger partial charge in [-0.25, -0.2) is 0 Å². The average molecular weight is 372 g/mol. The van der Waals surface area contributed by atoms with E-state index in [9.17, 15) is 24.0 Å². The molecule has 0 unspecified atom stereocenters. The minimum atomic E-state index is -1.11. The van der Waals surface area contributed by atoms with Crippen LogP contribution in [0.4, 0.5) is 0 Å². The van der Waals surface area contributed by atoms with Crippen LogP contribution in [-0.4, -0.2) is 59.4 Å². The topological polar surface area (TPSA) is 154 Å².